The minimum absolute atomic E-state index is 0.341. The first kappa shape index (κ1) is 18.2. The third kappa shape index (κ3) is 2.72. The third-order valence-electron chi connectivity index (χ3n) is 5.33. The fraction of sp³-hybridized carbons (Fsp3) is 0.182. The van der Waals surface area contributed by atoms with E-state index in [-0.39, 0.29) is 5.82 Å². The van der Waals surface area contributed by atoms with Crippen molar-refractivity contribution in [3.63, 3.8) is 0 Å². The molecule has 0 aliphatic rings. The Morgan fingerprint density at radius 1 is 1.07 bits per heavy atom. The molecule has 5 rings (SSSR count). The normalized spacial score (nSPS) is 11.5. The maximum absolute atomic E-state index is 15.0. The zero-order valence-electron chi connectivity index (χ0n) is 16.8. The van der Waals surface area contributed by atoms with E-state index in [0.29, 0.717) is 22.5 Å². The van der Waals surface area contributed by atoms with Crippen LogP contribution in [-0.2, 0) is 6.54 Å². The number of hydrogen-bond acceptors (Lipinski definition) is 5. The van der Waals surface area contributed by atoms with Crippen LogP contribution < -0.4 is 4.74 Å². The average Bonchev–Trinajstić information content (AvgIpc) is 3.36. The van der Waals surface area contributed by atoms with Gasteiger partial charge in [-0.15, -0.1) is 5.10 Å². The van der Waals surface area contributed by atoms with Crippen LogP contribution in [0.4, 0.5) is 4.39 Å². The molecular formula is C22H19FN6O. The predicted molar refractivity (Wildman–Crippen MR) is 112 cm³/mol. The maximum atomic E-state index is 15.0. The van der Waals surface area contributed by atoms with E-state index in [1.54, 1.807) is 38.0 Å². The summed E-state index contributed by atoms with van der Waals surface area (Å²) in [5.41, 5.74) is 5.81. The number of aryl methyl sites for hydroxylation is 2. The fourth-order valence-corrected chi connectivity index (χ4v) is 3.71. The van der Waals surface area contributed by atoms with Crippen molar-refractivity contribution >= 4 is 16.8 Å². The lowest BCUT2D eigenvalue weighted by molar-refractivity contribution is 0.416. The van der Waals surface area contributed by atoms with E-state index in [2.05, 4.69) is 20.2 Å². The van der Waals surface area contributed by atoms with Crippen molar-refractivity contribution < 1.29 is 9.13 Å². The lowest BCUT2D eigenvalue weighted by atomic mass is 9.99. The second-order valence-corrected chi connectivity index (χ2v) is 7.04. The SMILES string of the molecule is CCn1cnc2c(-c3ccc(F)c(-c4cn5c(C)cnc5cc4OC)c3)cnnc21. The van der Waals surface area contributed by atoms with Crippen LogP contribution in [0.3, 0.4) is 0 Å². The monoisotopic (exact) mass is 402 g/mol. The molecule has 0 saturated heterocycles. The predicted octanol–water partition coefficient (Wildman–Crippen LogP) is 4.28. The molecule has 0 aliphatic carbocycles. The van der Waals surface area contributed by atoms with Crippen LogP contribution in [0.2, 0.25) is 0 Å². The lowest BCUT2D eigenvalue weighted by Crippen LogP contribution is -1.97. The van der Waals surface area contributed by atoms with E-state index >= 15 is 0 Å². The van der Waals surface area contributed by atoms with Crippen molar-refractivity contribution in [1.82, 2.24) is 29.1 Å². The van der Waals surface area contributed by atoms with Gasteiger partial charge in [-0.25, -0.2) is 14.4 Å². The van der Waals surface area contributed by atoms with Crippen molar-refractivity contribution in [2.24, 2.45) is 0 Å². The Kier molecular flexibility index (Phi) is 4.20. The van der Waals surface area contributed by atoms with Crippen LogP contribution in [0, 0.1) is 12.7 Å². The Bertz CT molecular complexity index is 1400. The van der Waals surface area contributed by atoms with Crippen LogP contribution in [-0.4, -0.2) is 36.2 Å². The van der Waals surface area contributed by atoms with Gasteiger partial charge in [-0.2, -0.15) is 5.10 Å². The van der Waals surface area contributed by atoms with Crippen molar-refractivity contribution in [3.05, 3.63) is 60.7 Å². The van der Waals surface area contributed by atoms with Crippen molar-refractivity contribution in [1.29, 1.82) is 0 Å². The number of benzene rings is 1. The number of nitrogens with zero attached hydrogens (tertiary/aromatic N) is 6. The molecule has 1 aromatic carbocycles. The largest absolute Gasteiger partial charge is 0.496 e. The van der Waals surface area contributed by atoms with Crippen LogP contribution in [0.25, 0.3) is 39.1 Å². The summed E-state index contributed by atoms with van der Waals surface area (Å²) in [6.07, 6.45) is 7.03. The van der Waals surface area contributed by atoms with Gasteiger partial charge in [0.05, 0.1) is 19.6 Å². The molecule has 150 valence electrons. The highest BCUT2D eigenvalue weighted by atomic mass is 19.1. The van der Waals surface area contributed by atoms with E-state index in [4.69, 9.17) is 4.74 Å². The molecule has 5 aromatic rings. The maximum Gasteiger partial charge on any atom is 0.183 e. The first-order valence-electron chi connectivity index (χ1n) is 9.59. The zero-order chi connectivity index (χ0) is 20.8. The molecule has 0 spiro atoms. The van der Waals surface area contributed by atoms with Gasteiger partial charge in [0, 0.05) is 47.4 Å². The van der Waals surface area contributed by atoms with Crippen LogP contribution >= 0.6 is 0 Å². The van der Waals surface area contributed by atoms with Gasteiger partial charge in [-0.1, -0.05) is 6.07 Å². The summed E-state index contributed by atoms with van der Waals surface area (Å²) >= 11 is 0. The number of methoxy groups -OCH3 is 1. The minimum atomic E-state index is -0.341. The van der Waals surface area contributed by atoms with Gasteiger partial charge in [0.2, 0.25) is 0 Å². The molecule has 0 N–H and O–H groups in total. The van der Waals surface area contributed by atoms with E-state index in [1.807, 2.05) is 35.1 Å². The summed E-state index contributed by atoms with van der Waals surface area (Å²) in [5, 5.41) is 8.34. The molecule has 0 bridgehead atoms. The smallest absolute Gasteiger partial charge is 0.183 e. The number of rotatable bonds is 4. The topological polar surface area (TPSA) is 70.1 Å². The summed E-state index contributed by atoms with van der Waals surface area (Å²) in [5.74, 6) is 0.212. The molecule has 0 atom stereocenters. The third-order valence-corrected chi connectivity index (χ3v) is 5.33. The van der Waals surface area contributed by atoms with E-state index in [9.17, 15) is 4.39 Å². The van der Waals surface area contributed by atoms with Gasteiger partial charge in [-0.05, 0) is 31.5 Å². The summed E-state index contributed by atoms with van der Waals surface area (Å²) in [6.45, 7) is 4.71. The first-order chi connectivity index (χ1) is 14.6. The molecule has 0 radical (unpaired) electrons. The second kappa shape index (κ2) is 6.91. The summed E-state index contributed by atoms with van der Waals surface area (Å²) in [6, 6.07) is 6.79. The van der Waals surface area contributed by atoms with Crippen molar-refractivity contribution in [2.45, 2.75) is 20.4 Å². The highest BCUT2D eigenvalue weighted by molar-refractivity contribution is 5.90. The highest BCUT2D eigenvalue weighted by Gasteiger charge is 2.17. The number of aromatic nitrogens is 6. The standard InChI is InChI=1S/C22H19FN6O/c1-4-28-12-25-21-16(10-26-27-22(21)28)14-5-6-18(23)15(7-14)17-11-29-13(2)9-24-20(29)8-19(17)30-3/h5-12H,4H2,1-3H3. The van der Waals surface area contributed by atoms with E-state index in [1.165, 1.54) is 6.07 Å². The molecule has 0 unspecified atom stereocenters. The van der Waals surface area contributed by atoms with Gasteiger partial charge in [-0.3, -0.25) is 0 Å². The number of halogens is 1. The molecule has 0 fully saturated rings. The highest BCUT2D eigenvalue weighted by Crippen LogP contribution is 2.36. The Labute approximate surface area is 171 Å². The van der Waals surface area contributed by atoms with E-state index in [0.717, 1.165) is 34.5 Å². The van der Waals surface area contributed by atoms with Crippen LogP contribution in [0.5, 0.6) is 5.75 Å². The summed E-state index contributed by atoms with van der Waals surface area (Å²) < 4.78 is 24.3. The Morgan fingerprint density at radius 2 is 1.93 bits per heavy atom. The first-order valence-corrected chi connectivity index (χ1v) is 9.59. The Morgan fingerprint density at radius 3 is 2.73 bits per heavy atom. The zero-order valence-corrected chi connectivity index (χ0v) is 16.8. The summed E-state index contributed by atoms with van der Waals surface area (Å²) in [7, 11) is 1.57. The Hall–Kier alpha value is -3.81. The molecule has 0 amide bonds. The number of fused-ring (bicyclic) bond motifs is 2. The Balaban J connectivity index is 1.73. The van der Waals surface area contributed by atoms with Crippen LogP contribution in [0.1, 0.15) is 12.6 Å². The molecule has 8 heteroatoms. The minimum Gasteiger partial charge on any atom is -0.496 e. The van der Waals surface area contributed by atoms with Crippen molar-refractivity contribution in [3.8, 4) is 28.0 Å². The quantitative estimate of drug-likeness (QED) is 0.449. The molecule has 4 aromatic heterocycles. The number of imidazole rings is 2. The molecular weight excluding hydrogens is 383 g/mol. The fourth-order valence-electron chi connectivity index (χ4n) is 3.71. The number of hydrogen-bond donors (Lipinski definition) is 0. The van der Waals surface area contributed by atoms with Crippen molar-refractivity contribution in [2.75, 3.05) is 7.11 Å². The molecule has 7 nitrogen and oxygen atoms in total. The van der Waals surface area contributed by atoms with Gasteiger partial charge in [0.1, 0.15) is 22.7 Å². The number of ether oxygens (including phenoxy) is 1. The average molecular weight is 402 g/mol. The molecule has 0 aliphatic heterocycles. The molecule has 30 heavy (non-hydrogen) atoms. The van der Waals surface area contributed by atoms with Gasteiger partial charge in [0.25, 0.3) is 0 Å². The molecule has 0 saturated carbocycles. The summed E-state index contributed by atoms with van der Waals surface area (Å²) in [4.78, 5) is 8.86. The van der Waals surface area contributed by atoms with E-state index < -0.39 is 0 Å². The number of pyridine rings is 1. The van der Waals surface area contributed by atoms with Crippen LogP contribution in [0.15, 0.2) is 49.2 Å². The van der Waals surface area contributed by atoms with Gasteiger partial charge < -0.3 is 13.7 Å². The second-order valence-electron chi connectivity index (χ2n) is 7.04. The van der Waals surface area contributed by atoms with Gasteiger partial charge in [0.15, 0.2) is 5.65 Å². The lowest BCUT2D eigenvalue weighted by Gasteiger charge is -2.13. The van der Waals surface area contributed by atoms with Gasteiger partial charge >= 0.3 is 0 Å². The molecule has 4 heterocycles.